The number of hydrogen-bond acceptors (Lipinski definition) is 2. The van der Waals surface area contributed by atoms with E-state index in [0.717, 1.165) is 18.4 Å². The second kappa shape index (κ2) is 5.06. The van der Waals surface area contributed by atoms with Gasteiger partial charge in [-0.15, -0.1) is 0 Å². The van der Waals surface area contributed by atoms with Gasteiger partial charge in [0.05, 0.1) is 5.54 Å². The van der Waals surface area contributed by atoms with Gasteiger partial charge in [0.1, 0.15) is 5.82 Å². The molecule has 0 aromatic heterocycles. The molecule has 1 amide bonds. The van der Waals surface area contributed by atoms with Crippen LogP contribution < -0.4 is 11.1 Å². The average Bonchev–Trinajstić information content (AvgIpc) is 3.07. The normalized spacial score (nSPS) is 18.2. The maximum absolute atomic E-state index is 13.2. The van der Waals surface area contributed by atoms with Crippen molar-refractivity contribution in [2.75, 3.05) is 0 Å². The summed E-state index contributed by atoms with van der Waals surface area (Å²) in [6.45, 7) is 1.88. The number of hydrogen-bond donors (Lipinski definition) is 2. The Kier molecular flexibility index (Phi) is 3.66. The Balaban J connectivity index is 1.98. The molecule has 1 aromatic carbocycles. The molecule has 0 spiro atoms. The molecule has 1 fully saturated rings. The molecule has 0 aliphatic heterocycles. The summed E-state index contributed by atoms with van der Waals surface area (Å²) in [5.41, 5.74) is 6.14. The summed E-state index contributed by atoms with van der Waals surface area (Å²) in [6.07, 6.45) is 2.85. The number of rotatable bonds is 5. The molecule has 98 valence electrons. The number of halogens is 1. The Morgan fingerprint density at radius 2 is 2.28 bits per heavy atom. The van der Waals surface area contributed by atoms with Crippen LogP contribution in [-0.4, -0.2) is 11.9 Å². The van der Waals surface area contributed by atoms with Crippen LogP contribution in [0.25, 0.3) is 0 Å². The first kappa shape index (κ1) is 13.0. The van der Waals surface area contributed by atoms with Gasteiger partial charge < -0.3 is 11.1 Å². The molecule has 0 heterocycles. The summed E-state index contributed by atoms with van der Waals surface area (Å²) < 4.78 is 13.2. The van der Waals surface area contributed by atoms with E-state index in [1.807, 2.05) is 13.0 Å². The summed E-state index contributed by atoms with van der Waals surface area (Å²) in [5.74, 6) is -0.266. The quantitative estimate of drug-likeness (QED) is 0.840. The highest BCUT2D eigenvalue weighted by Gasteiger charge is 2.45. The van der Waals surface area contributed by atoms with Crippen molar-refractivity contribution in [3.8, 4) is 0 Å². The van der Waals surface area contributed by atoms with Gasteiger partial charge >= 0.3 is 0 Å². The highest BCUT2D eigenvalue weighted by Crippen LogP contribution is 2.45. The Labute approximate surface area is 107 Å². The van der Waals surface area contributed by atoms with Crippen molar-refractivity contribution in [3.63, 3.8) is 0 Å². The van der Waals surface area contributed by atoms with E-state index in [2.05, 4.69) is 5.32 Å². The van der Waals surface area contributed by atoms with Gasteiger partial charge in [0.2, 0.25) is 5.91 Å². The molecule has 0 radical (unpaired) electrons. The summed E-state index contributed by atoms with van der Waals surface area (Å²) in [4.78, 5) is 11.8. The van der Waals surface area contributed by atoms with Crippen molar-refractivity contribution < 1.29 is 9.18 Å². The van der Waals surface area contributed by atoms with Crippen molar-refractivity contribution in [2.24, 2.45) is 5.73 Å². The van der Waals surface area contributed by atoms with E-state index in [1.165, 1.54) is 12.1 Å². The van der Waals surface area contributed by atoms with Gasteiger partial charge in [-0.3, -0.25) is 4.79 Å². The molecule has 2 rings (SSSR count). The lowest BCUT2D eigenvalue weighted by Crippen LogP contribution is -2.35. The van der Waals surface area contributed by atoms with Crippen molar-refractivity contribution in [3.05, 3.63) is 35.6 Å². The summed E-state index contributed by atoms with van der Waals surface area (Å²) >= 11 is 0. The largest absolute Gasteiger partial charge is 0.347 e. The zero-order valence-electron chi connectivity index (χ0n) is 10.6. The maximum Gasteiger partial charge on any atom is 0.220 e. The van der Waals surface area contributed by atoms with Gasteiger partial charge in [0.25, 0.3) is 0 Å². The zero-order valence-corrected chi connectivity index (χ0v) is 10.6. The zero-order chi connectivity index (χ0) is 13.2. The standard InChI is InChI=1S/C14H19FN2O/c1-10(16)5-6-13(18)17-14(7-8-14)11-3-2-4-12(15)9-11/h2-4,9-10H,5-8,16H2,1H3,(H,17,18). The molecular weight excluding hydrogens is 231 g/mol. The fourth-order valence-electron chi connectivity index (χ4n) is 2.09. The van der Waals surface area contributed by atoms with Gasteiger partial charge in [-0.25, -0.2) is 4.39 Å². The van der Waals surface area contributed by atoms with E-state index in [4.69, 9.17) is 5.73 Å². The number of benzene rings is 1. The van der Waals surface area contributed by atoms with Crippen molar-refractivity contribution in [1.29, 1.82) is 0 Å². The van der Waals surface area contributed by atoms with E-state index in [-0.39, 0.29) is 23.3 Å². The van der Waals surface area contributed by atoms with Crippen molar-refractivity contribution in [1.82, 2.24) is 5.32 Å². The summed E-state index contributed by atoms with van der Waals surface area (Å²) in [5, 5.41) is 3.01. The monoisotopic (exact) mass is 250 g/mol. The van der Waals surface area contributed by atoms with Gasteiger partial charge in [-0.05, 0) is 43.9 Å². The van der Waals surface area contributed by atoms with Crippen LogP contribution >= 0.6 is 0 Å². The van der Waals surface area contributed by atoms with Crippen LogP contribution in [0.1, 0.15) is 38.2 Å². The van der Waals surface area contributed by atoms with Crippen LogP contribution in [0, 0.1) is 5.82 Å². The Morgan fingerprint density at radius 1 is 1.56 bits per heavy atom. The second-order valence-corrected chi connectivity index (χ2v) is 5.16. The fourth-order valence-corrected chi connectivity index (χ4v) is 2.09. The van der Waals surface area contributed by atoms with E-state index in [9.17, 15) is 9.18 Å². The summed E-state index contributed by atoms with van der Waals surface area (Å²) in [7, 11) is 0. The lowest BCUT2D eigenvalue weighted by atomic mass is 10.0. The molecule has 1 aromatic rings. The SMILES string of the molecule is CC(N)CCC(=O)NC1(c2cccc(F)c2)CC1. The highest BCUT2D eigenvalue weighted by molar-refractivity contribution is 5.77. The first-order valence-electron chi connectivity index (χ1n) is 6.34. The van der Waals surface area contributed by atoms with E-state index >= 15 is 0 Å². The minimum Gasteiger partial charge on any atom is -0.347 e. The van der Waals surface area contributed by atoms with Crippen molar-refractivity contribution in [2.45, 2.75) is 44.2 Å². The topological polar surface area (TPSA) is 55.1 Å². The highest BCUT2D eigenvalue weighted by atomic mass is 19.1. The van der Waals surface area contributed by atoms with Crippen LogP contribution in [0.3, 0.4) is 0 Å². The molecule has 3 N–H and O–H groups in total. The average molecular weight is 250 g/mol. The van der Waals surface area contributed by atoms with Crippen LogP contribution in [-0.2, 0) is 10.3 Å². The Hall–Kier alpha value is -1.42. The minimum atomic E-state index is -0.336. The smallest absolute Gasteiger partial charge is 0.220 e. The van der Waals surface area contributed by atoms with Gasteiger partial charge in [0, 0.05) is 12.5 Å². The lowest BCUT2D eigenvalue weighted by Gasteiger charge is -2.18. The van der Waals surface area contributed by atoms with Crippen LogP contribution in [0.4, 0.5) is 4.39 Å². The third-order valence-corrected chi connectivity index (χ3v) is 3.33. The molecule has 1 unspecified atom stereocenters. The molecule has 3 nitrogen and oxygen atoms in total. The molecule has 0 saturated heterocycles. The van der Waals surface area contributed by atoms with Gasteiger partial charge in [0.15, 0.2) is 0 Å². The molecule has 1 saturated carbocycles. The van der Waals surface area contributed by atoms with Gasteiger partial charge in [-0.1, -0.05) is 12.1 Å². The number of carbonyl (C=O) groups is 1. The fraction of sp³-hybridized carbons (Fsp3) is 0.500. The third-order valence-electron chi connectivity index (χ3n) is 3.33. The Morgan fingerprint density at radius 3 is 2.83 bits per heavy atom. The van der Waals surface area contributed by atoms with Crippen LogP contribution in [0.2, 0.25) is 0 Å². The number of nitrogens with two attached hydrogens (primary N) is 1. The van der Waals surface area contributed by atoms with E-state index in [0.29, 0.717) is 12.8 Å². The van der Waals surface area contributed by atoms with Crippen molar-refractivity contribution >= 4 is 5.91 Å². The second-order valence-electron chi connectivity index (χ2n) is 5.16. The Bertz CT molecular complexity index is 441. The van der Waals surface area contributed by atoms with E-state index in [1.54, 1.807) is 6.07 Å². The minimum absolute atomic E-state index is 0.00550. The van der Waals surface area contributed by atoms with E-state index < -0.39 is 0 Å². The molecule has 4 heteroatoms. The first-order valence-corrected chi connectivity index (χ1v) is 6.34. The lowest BCUT2D eigenvalue weighted by molar-refractivity contribution is -0.122. The molecule has 1 aliphatic carbocycles. The van der Waals surface area contributed by atoms with Crippen LogP contribution in [0.15, 0.2) is 24.3 Å². The predicted octanol–water partition coefficient (Wildman–Crippen LogP) is 2.06. The molecule has 1 atom stereocenters. The van der Waals surface area contributed by atoms with Crippen LogP contribution in [0.5, 0.6) is 0 Å². The molecule has 1 aliphatic rings. The van der Waals surface area contributed by atoms with Gasteiger partial charge in [-0.2, -0.15) is 0 Å². The number of amides is 1. The number of nitrogens with one attached hydrogen (secondary N) is 1. The molecular formula is C14H19FN2O. The maximum atomic E-state index is 13.2. The molecule has 18 heavy (non-hydrogen) atoms. The summed E-state index contributed by atoms with van der Waals surface area (Å²) in [6, 6.07) is 6.48. The first-order chi connectivity index (χ1) is 8.52. The third kappa shape index (κ3) is 3.07. The predicted molar refractivity (Wildman–Crippen MR) is 68.3 cm³/mol. The number of carbonyl (C=O) groups excluding carboxylic acids is 1. The molecule has 0 bridgehead atoms.